The maximum absolute atomic E-state index is 14.4. The van der Waals surface area contributed by atoms with Crippen LogP contribution in [0.1, 0.15) is 62.5 Å². The molecule has 1 aromatic rings. The molecule has 0 aromatic heterocycles. The third kappa shape index (κ3) is 3.91. The monoisotopic (exact) mass is 518 g/mol. The Balaban J connectivity index is 1.66. The number of aryl methyl sites for hydroxylation is 1. The van der Waals surface area contributed by atoms with Crippen molar-refractivity contribution in [2.45, 2.75) is 87.8 Å². The van der Waals surface area contributed by atoms with Gasteiger partial charge in [0.1, 0.15) is 5.75 Å². The van der Waals surface area contributed by atoms with E-state index in [0.29, 0.717) is 25.7 Å². The van der Waals surface area contributed by atoms with Gasteiger partial charge in [0.25, 0.3) is 0 Å². The molecule has 11 heteroatoms. The number of fused-ring (bicyclic) bond motifs is 5. The van der Waals surface area contributed by atoms with Gasteiger partial charge in [-0.25, -0.2) is 0 Å². The molecule has 35 heavy (non-hydrogen) atoms. The highest BCUT2D eigenvalue weighted by molar-refractivity contribution is 5.40. The third-order valence-corrected chi connectivity index (χ3v) is 8.82. The van der Waals surface area contributed by atoms with Crippen LogP contribution >= 0.6 is 0 Å². The smallest absolute Gasteiger partial charge is 0.460 e. The number of alkyl halides is 9. The van der Waals surface area contributed by atoms with Crippen LogP contribution in [-0.2, 0) is 6.42 Å². The van der Waals surface area contributed by atoms with E-state index in [1.165, 1.54) is 12.1 Å². The summed E-state index contributed by atoms with van der Waals surface area (Å²) in [6.45, 7) is 1.80. The normalized spacial score (nSPS) is 33.7. The molecule has 6 atom stereocenters. The highest BCUT2D eigenvalue weighted by Gasteiger charge is 2.81. The number of hydrogen-bond acceptors (Lipinski definition) is 2. The molecule has 0 spiro atoms. The quantitative estimate of drug-likeness (QED) is 0.409. The average Bonchev–Trinajstić information content (AvgIpc) is 3.04. The van der Waals surface area contributed by atoms with E-state index >= 15 is 0 Å². The van der Waals surface area contributed by atoms with Crippen molar-refractivity contribution in [3.05, 3.63) is 29.3 Å². The molecule has 2 saturated carbocycles. The molecule has 198 valence electrons. The number of halogens is 9. The topological polar surface area (TPSA) is 40.5 Å². The lowest BCUT2D eigenvalue weighted by Crippen LogP contribution is -2.61. The summed E-state index contributed by atoms with van der Waals surface area (Å²) in [5, 5.41) is 20.5. The van der Waals surface area contributed by atoms with Gasteiger partial charge in [-0.05, 0) is 90.9 Å². The zero-order valence-electron chi connectivity index (χ0n) is 18.9. The van der Waals surface area contributed by atoms with Crippen LogP contribution in [0.25, 0.3) is 0 Å². The minimum absolute atomic E-state index is 0.00348. The van der Waals surface area contributed by atoms with Gasteiger partial charge in [0, 0.05) is 6.42 Å². The molecule has 2 N–H and O–H groups in total. The Morgan fingerprint density at radius 3 is 2.23 bits per heavy atom. The molecule has 1 aromatic carbocycles. The van der Waals surface area contributed by atoms with E-state index in [9.17, 15) is 49.7 Å². The molecule has 0 unspecified atom stereocenters. The maximum atomic E-state index is 14.4. The van der Waals surface area contributed by atoms with Crippen LogP contribution in [0.2, 0.25) is 0 Å². The van der Waals surface area contributed by atoms with Crippen LogP contribution in [0.3, 0.4) is 0 Å². The SMILES string of the molecule is C[C@]12C[C@H](CCC(F)(F)C(F)(F)C(F)(F)C(F)(F)F)[C@@H]3c4ccc(O)cc4CC[C@H]3[C@@H]1CC[C@@H]2O. The fourth-order valence-electron chi connectivity index (χ4n) is 7.06. The Hall–Kier alpha value is -1.65. The van der Waals surface area contributed by atoms with E-state index in [-0.39, 0.29) is 24.0 Å². The van der Waals surface area contributed by atoms with E-state index in [1.54, 1.807) is 13.0 Å². The largest absolute Gasteiger partial charge is 0.508 e. The number of phenolic OH excluding ortho intramolecular Hbond substituents is 1. The van der Waals surface area contributed by atoms with Crippen LogP contribution in [0.5, 0.6) is 5.75 Å². The van der Waals surface area contributed by atoms with E-state index in [2.05, 4.69) is 0 Å². The summed E-state index contributed by atoms with van der Waals surface area (Å²) in [5.74, 6) is -20.4. The molecule has 4 rings (SSSR count). The van der Waals surface area contributed by atoms with Crippen molar-refractivity contribution in [3.8, 4) is 5.75 Å². The first-order chi connectivity index (χ1) is 15.9. The van der Waals surface area contributed by atoms with Gasteiger partial charge < -0.3 is 10.2 Å². The molecule has 2 fully saturated rings. The Morgan fingerprint density at radius 1 is 0.943 bits per heavy atom. The number of phenols is 1. The number of aliphatic hydroxyl groups is 1. The predicted octanol–water partition coefficient (Wildman–Crippen LogP) is 7.08. The van der Waals surface area contributed by atoms with E-state index in [4.69, 9.17) is 0 Å². The van der Waals surface area contributed by atoms with Crippen LogP contribution in [0.4, 0.5) is 39.5 Å². The number of hydrogen-bond donors (Lipinski definition) is 2. The van der Waals surface area contributed by atoms with Gasteiger partial charge in [0.15, 0.2) is 0 Å². The molecule has 0 amide bonds. The molecule has 3 aliphatic carbocycles. The van der Waals surface area contributed by atoms with Gasteiger partial charge in [-0.2, -0.15) is 39.5 Å². The van der Waals surface area contributed by atoms with Crippen molar-refractivity contribution in [2.24, 2.45) is 23.2 Å². The van der Waals surface area contributed by atoms with Crippen molar-refractivity contribution in [1.82, 2.24) is 0 Å². The number of aromatic hydroxyl groups is 1. The lowest BCUT2D eigenvalue weighted by atomic mass is 9.51. The third-order valence-electron chi connectivity index (χ3n) is 8.82. The zero-order valence-corrected chi connectivity index (χ0v) is 18.9. The summed E-state index contributed by atoms with van der Waals surface area (Å²) in [6.07, 6.45) is -7.68. The number of benzene rings is 1. The van der Waals surface area contributed by atoms with Gasteiger partial charge in [-0.15, -0.1) is 0 Å². The summed E-state index contributed by atoms with van der Waals surface area (Å²) in [5.41, 5.74) is 0.802. The van der Waals surface area contributed by atoms with Crippen molar-refractivity contribution in [3.63, 3.8) is 0 Å². The van der Waals surface area contributed by atoms with Gasteiger partial charge in [0.2, 0.25) is 0 Å². The molecule has 0 radical (unpaired) electrons. The highest BCUT2D eigenvalue weighted by Crippen LogP contribution is 2.64. The predicted molar refractivity (Wildman–Crippen MR) is 108 cm³/mol. The lowest BCUT2D eigenvalue weighted by Gasteiger charge is -2.54. The fourth-order valence-corrected chi connectivity index (χ4v) is 7.06. The van der Waals surface area contributed by atoms with E-state index < -0.39 is 60.1 Å². The first-order valence-electron chi connectivity index (χ1n) is 11.6. The van der Waals surface area contributed by atoms with E-state index in [0.717, 1.165) is 11.1 Å². The van der Waals surface area contributed by atoms with E-state index in [1.807, 2.05) is 0 Å². The van der Waals surface area contributed by atoms with Crippen molar-refractivity contribution < 1.29 is 49.7 Å². The second-order valence-corrected chi connectivity index (χ2v) is 10.7. The average molecular weight is 518 g/mol. The Labute approximate surface area is 196 Å². The molecule has 0 heterocycles. The number of aliphatic hydroxyl groups excluding tert-OH is 1. The summed E-state index contributed by atoms with van der Waals surface area (Å²) >= 11 is 0. The van der Waals surface area contributed by atoms with Crippen LogP contribution in [-0.4, -0.2) is 40.3 Å². The summed E-state index contributed by atoms with van der Waals surface area (Å²) in [4.78, 5) is 0. The van der Waals surface area contributed by atoms with Crippen molar-refractivity contribution in [1.29, 1.82) is 0 Å². The maximum Gasteiger partial charge on any atom is 0.460 e. The summed E-state index contributed by atoms with van der Waals surface area (Å²) < 4.78 is 121. The van der Waals surface area contributed by atoms with Gasteiger partial charge >= 0.3 is 23.9 Å². The fraction of sp³-hybridized carbons (Fsp3) is 0.750. The Morgan fingerprint density at radius 2 is 1.60 bits per heavy atom. The second kappa shape index (κ2) is 8.18. The number of rotatable bonds is 5. The second-order valence-electron chi connectivity index (χ2n) is 10.7. The highest BCUT2D eigenvalue weighted by atomic mass is 19.4. The standard InChI is InChI=1S/C24H27F9O2/c1-20-11-13(8-9-21(25,26)22(27,28)23(29,30)24(31,32)33)19-15-5-3-14(34)10-12(15)2-4-16(19)17(20)6-7-18(20)35/h3,5,10,13,16-19,34-35H,2,4,6-9,11H2,1H3/t13-,16-,17-,18-,19+,20-/m0/s1. The first-order valence-corrected chi connectivity index (χ1v) is 11.6. The first kappa shape index (κ1) is 26.4. The Bertz CT molecular complexity index is 961. The van der Waals surface area contributed by atoms with Crippen molar-refractivity contribution >= 4 is 0 Å². The Kier molecular flexibility index (Phi) is 6.17. The lowest BCUT2D eigenvalue weighted by molar-refractivity contribution is -0.397. The molecular formula is C24H27F9O2. The zero-order chi connectivity index (χ0) is 26.2. The molecule has 3 aliphatic rings. The molecule has 0 bridgehead atoms. The summed E-state index contributed by atoms with van der Waals surface area (Å²) in [7, 11) is 0. The minimum Gasteiger partial charge on any atom is -0.508 e. The van der Waals surface area contributed by atoms with Crippen LogP contribution in [0, 0.1) is 23.2 Å². The van der Waals surface area contributed by atoms with Gasteiger partial charge in [0.05, 0.1) is 6.10 Å². The summed E-state index contributed by atoms with van der Waals surface area (Å²) in [6, 6.07) is 4.59. The van der Waals surface area contributed by atoms with Crippen LogP contribution < -0.4 is 0 Å². The van der Waals surface area contributed by atoms with Crippen molar-refractivity contribution in [2.75, 3.05) is 0 Å². The molecule has 2 nitrogen and oxygen atoms in total. The van der Waals surface area contributed by atoms with Gasteiger partial charge in [-0.3, -0.25) is 0 Å². The molecule has 0 aliphatic heterocycles. The van der Waals surface area contributed by atoms with Crippen LogP contribution in [0.15, 0.2) is 18.2 Å². The van der Waals surface area contributed by atoms with Gasteiger partial charge in [-0.1, -0.05) is 13.0 Å². The minimum atomic E-state index is -6.90. The molecule has 0 saturated heterocycles. The molecular weight excluding hydrogens is 491 g/mol.